The maximum atomic E-state index is 14.0. The Bertz CT molecular complexity index is 1700. The van der Waals surface area contributed by atoms with Gasteiger partial charge in [-0.2, -0.15) is 0 Å². The molecule has 2 aliphatic heterocycles. The van der Waals surface area contributed by atoms with Crippen molar-refractivity contribution in [3.05, 3.63) is 87.8 Å². The Morgan fingerprint density at radius 2 is 1.71 bits per heavy atom. The number of thiocarbonyl (C=S) groups is 1. The topological polar surface area (TPSA) is 91.8 Å². The van der Waals surface area contributed by atoms with Gasteiger partial charge in [0.25, 0.3) is 5.91 Å². The largest absolute Gasteiger partial charge is 0.493 e. The monoisotopic (exact) mass is 697 g/mol. The predicted molar refractivity (Wildman–Crippen MR) is 185 cm³/mol. The van der Waals surface area contributed by atoms with E-state index >= 15 is 0 Å². The molecule has 0 saturated carbocycles. The van der Waals surface area contributed by atoms with Crippen LogP contribution in [0, 0.1) is 11.6 Å². The van der Waals surface area contributed by atoms with Crippen LogP contribution in [0.2, 0.25) is 0 Å². The number of hydrogen-bond acceptors (Lipinski definition) is 9. The Hall–Kier alpha value is -3.88. The Balaban J connectivity index is 1.27. The van der Waals surface area contributed by atoms with Gasteiger partial charge in [-0.3, -0.25) is 14.6 Å². The second-order valence-corrected chi connectivity index (χ2v) is 13.3. The maximum absolute atomic E-state index is 14.0. The van der Waals surface area contributed by atoms with Gasteiger partial charge >= 0.3 is 5.97 Å². The van der Waals surface area contributed by atoms with Crippen LogP contribution in [-0.4, -0.2) is 103 Å². The van der Waals surface area contributed by atoms with E-state index < -0.39 is 17.6 Å². The second-order valence-electron chi connectivity index (χ2n) is 11.6. The number of thioether (sulfide) groups is 1. The number of likely N-dealkylation sites (N-methyl/N-ethyl adjacent to an activating group) is 1. The van der Waals surface area contributed by atoms with Crippen LogP contribution in [0.15, 0.2) is 59.5 Å². The first-order valence-corrected chi connectivity index (χ1v) is 16.7. The number of rotatable bonds is 14. The minimum atomic E-state index is -1.00. The highest BCUT2D eigenvalue weighted by Gasteiger charge is 2.32. The molecule has 0 bridgehead atoms. The zero-order valence-electron chi connectivity index (χ0n) is 26.7. The average Bonchev–Trinajstić information content (AvgIpc) is 3.33. The summed E-state index contributed by atoms with van der Waals surface area (Å²) in [5, 5.41) is 9.50. The van der Waals surface area contributed by atoms with E-state index in [-0.39, 0.29) is 11.5 Å². The van der Waals surface area contributed by atoms with Crippen molar-refractivity contribution < 1.29 is 37.7 Å². The number of ether oxygens (including phenoxy) is 3. The fourth-order valence-electron chi connectivity index (χ4n) is 5.20. The standard InChI is InChI=1S/C35H37F2N3O6S2/c1-38(2)11-17-46-30-8-5-23(24-4-7-28(36)29(37)20-24)18-26(30)21-32-33(41)40(35(47)48-32)10-3-14-45-31-9-6-25(34(42)43)19-27(31)22-39-12-15-44-16-13-39/h4-9,18-21H,3,10-17,22H2,1-2H3,(H,42,43). The van der Waals surface area contributed by atoms with E-state index in [9.17, 15) is 23.5 Å². The van der Waals surface area contributed by atoms with E-state index in [4.69, 9.17) is 26.4 Å². The van der Waals surface area contributed by atoms with Crippen molar-refractivity contribution in [2.75, 3.05) is 66.7 Å². The van der Waals surface area contributed by atoms with Gasteiger partial charge in [-0.05, 0) is 80.2 Å². The lowest BCUT2D eigenvalue weighted by atomic mass is 10.0. The SMILES string of the molecule is CN(C)CCOc1ccc(-c2ccc(F)c(F)c2)cc1C=C1SC(=S)N(CCCOc2ccc(C(=O)O)cc2CN2CCOCC2)C1=O. The van der Waals surface area contributed by atoms with Crippen molar-refractivity contribution >= 4 is 46.3 Å². The first-order chi connectivity index (χ1) is 23.1. The third-order valence-electron chi connectivity index (χ3n) is 7.81. The van der Waals surface area contributed by atoms with Crippen molar-refractivity contribution in [2.24, 2.45) is 0 Å². The summed E-state index contributed by atoms with van der Waals surface area (Å²) in [7, 11) is 3.87. The maximum Gasteiger partial charge on any atom is 0.335 e. The van der Waals surface area contributed by atoms with Gasteiger partial charge in [-0.1, -0.05) is 36.1 Å². The summed E-state index contributed by atoms with van der Waals surface area (Å²) >= 11 is 6.75. The molecule has 2 heterocycles. The normalized spacial score (nSPS) is 16.3. The number of carboxylic acids is 1. The Kier molecular flexibility index (Phi) is 12.2. The molecular formula is C35H37F2N3O6S2. The van der Waals surface area contributed by atoms with Crippen LogP contribution in [0.3, 0.4) is 0 Å². The number of benzene rings is 3. The molecule has 5 rings (SSSR count). The summed E-state index contributed by atoms with van der Waals surface area (Å²) in [6, 6.07) is 13.8. The molecule has 2 aliphatic rings. The molecule has 1 N–H and O–H groups in total. The van der Waals surface area contributed by atoms with Crippen LogP contribution in [0.4, 0.5) is 8.78 Å². The third-order valence-corrected chi connectivity index (χ3v) is 9.19. The van der Waals surface area contributed by atoms with Gasteiger partial charge < -0.3 is 24.2 Å². The van der Waals surface area contributed by atoms with Crippen LogP contribution in [0.5, 0.6) is 11.5 Å². The van der Waals surface area contributed by atoms with Crippen LogP contribution in [-0.2, 0) is 16.1 Å². The van der Waals surface area contributed by atoms with Gasteiger partial charge in [0, 0.05) is 43.9 Å². The second kappa shape index (κ2) is 16.5. The number of carbonyl (C=O) groups is 2. The summed E-state index contributed by atoms with van der Waals surface area (Å²) in [4.78, 5) is 31.2. The molecular weight excluding hydrogens is 661 g/mol. The Labute approximate surface area is 288 Å². The summed E-state index contributed by atoms with van der Waals surface area (Å²) < 4.78 is 45.6. The van der Waals surface area contributed by atoms with Crippen LogP contribution in [0.1, 0.15) is 27.9 Å². The van der Waals surface area contributed by atoms with Crippen molar-refractivity contribution in [3.63, 3.8) is 0 Å². The summed E-state index contributed by atoms with van der Waals surface area (Å²) in [6.07, 6.45) is 2.20. The van der Waals surface area contributed by atoms with E-state index in [1.807, 2.05) is 19.0 Å². The van der Waals surface area contributed by atoms with E-state index in [0.717, 1.165) is 30.8 Å². The zero-order chi connectivity index (χ0) is 34.2. The van der Waals surface area contributed by atoms with Crippen molar-refractivity contribution in [3.8, 4) is 22.6 Å². The fraction of sp³-hybridized carbons (Fsp3) is 0.343. The lowest BCUT2D eigenvalue weighted by Gasteiger charge is -2.27. The van der Waals surface area contributed by atoms with Gasteiger partial charge in [0.2, 0.25) is 0 Å². The van der Waals surface area contributed by atoms with Gasteiger partial charge in [-0.25, -0.2) is 13.6 Å². The number of morpholine rings is 1. The quantitative estimate of drug-likeness (QED) is 0.127. The minimum absolute atomic E-state index is 0.191. The summed E-state index contributed by atoms with van der Waals surface area (Å²) in [5.41, 5.74) is 2.70. The minimum Gasteiger partial charge on any atom is -0.493 e. The van der Waals surface area contributed by atoms with Crippen molar-refractivity contribution in [2.45, 2.75) is 13.0 Å². The van der Waals surface area contributed by atoms with E-state index in [1.165, 1.54) is 28.8 Å². The number of carbonyl (C=O) groups excluding carboxylic acids is 1. The van der Waals surface area contributed by atoms with E-state index in [0.29, 0.717) is 89.9 Å². The molecule has 2 fully saturated rings. The van der Waals surface area contributed by atoms with Crippen molar-refractivity contribution in [1.29, 1.82) is 0 Å². The highest BCUT2D eigenvalue weighted by molar-refractivity contribution is 8.26. The van der Waals surface area contributed by atoms with Gasteiger partial charge in [-0.15, -0.1) is 0 Å². The van der Waals surface area contributed by atoms with Crippen LogP contribution in [0.25, 0.3) is 17.2 Å². The number of nitrogens with zero attached hydrogens (tertiary/aromatic N) is 3. The lowest BCUT2D eigenvalue weighted by Crippen LogP contribution is -2.35. The molecule has 0 unspecified atom stereocenters. The van der Waals surface area contributed by atoms with Gasteiger partial charge in [0.15, 0.2) is 11.6 Å². The molecule has 1 amide bonds. The number of hydrogen-bond donors (Lipinski definition) is 1. The first-order valence-electron chi connectivity index (χ1n) is 15.5. The third kappa shape index (κ3) is 9.17. The number of aromatic carboxylic acids is 1. The van der Waals surface area contributed by atoms with Crippen LogP contribution < -0.4 is 9.47 Å². The van der Waals surface area contributed by atoms with Gasteiger partial charge in [0.1, 0.15) is 22.4 Å². The molecule has 3 aromatic carbocycles. The van der Waals surface area contributed by atoms with E-state index in [2.05, 4.69) is 4.90 Å². The Morgan fingerprint density at radius 3 is 2.44 bits per heavy atom. The number of halogens is 2. The highest BCUT2D eigenvalue weighted by atomic mass is 32.2. The smallest absolute Gasteiger partial charge is 0.335 e. The molecule has 254 valence electrons. The number of carboxylic acid groups (broad SMARTS) is 1. The lowest BCUT2D eigenvalue weighted by molar-refractivity contribution is -0.122. The predicted octanol–water partition coefficient (Wildman–Crippen LogP) is 5.77. The van der Waals surface area contributed by atoms with Gasteiger partial charge in [0.05, 0.1) is 30.3 Å². The molecule has 13 heteroatoms. The molecule has 0 aromatic heterocycles. The Morgan fingerprint density at radius 1 is 1.00 bits per heavy atom. The molecule has 0 atom stereocenters. The number of amides is 1. The highest BCUT2D eigenvalue weighted by Crippen LogP contribution is 2.36. The molecule has 2 saturated heterocycles. The molecule has 0 spiro atoms. The fourth-order valence-corrected chi connectivity index (χ4v) is 6.50. The molecule has 9 nitrogen and oxygen atoms in total. The first kappa shape index (κ1) is 35.4. The molecule has 48 heavy (non-hydrogen) atoms. The zero-order valence-corrected chi connectivity index (χ0v) is 28.4. The average molecular weight is 698 g/mol. The van der Waals surface area contributed by atoms with Crippen LogP contribution >= 0.6 is 24.0 Å². The summed E-state index contributed by atoms with van der Waals surface area (Å²) in [6.45, 7) is 4.98. The summed E-state index contributed by atoms with van der Waals surface area (Å²) in [5.74, 6) is -1.99. The molecule has 0 aliphatic carbocycles. The molecule has 3 aromatic rings. The molecule has 0 radical (unpaired) electrons. The van der Waals surface area contributed by atoms with E-state index in [1.54, 1.807) is 36.4 Å². The van der Waals surface area contributed by atoms with Crippen molar-refractivity contribution in [1.82, 2.24) is 14.7 Å².